The molecule has 0 fully saturated rings. The van der Waals surface area contributed by atoms with Crippen LogP contribution in [0.2, 0.25) is 5.02 Å². The summed E-state index contributed by atoms with van der Waals surface area (Å²) in [4.78, 5) is 20.7. The smallest absolute Gasteiger partial charge is 0.320 e. The lowest BCUT2D eigenvalue weighted by atomic mass is 10.0. The van der Waals surface area contributed by atoms with Crippen LogP contribution in [0, 0.1) is 5.92 Å². The third kappa shape index (κ3) is 4.19. The Hall–Kier alpha value is -1.59. The zero-order valence-electron chi connectivity index (χ0n) is 12.1. The standard InChI is InChI=1S/C10H9ClO2.C5H11NO2/c11-9-4-6(5-12)7-2-1-3-8(7)10(9)13;1-3(2)4(6)5(7)8/h4-5,13H,1-3H2;3-4H,6H2,1-2H3,(H,7,8)/t;4-/m.0/s1. The van der Waals surface area contributed by atoms with Gasteiger partial charge < -0.3 is 15.9 Å². The highest BCUT2D eigenvalue weighted by Gasteiger charge is 2.20. The molecule has 21 heavy (non-hydrogen) atoms. The van der Waals surface area contributed by atoms with Crippen molar-refractivity contribution in [1.82, 2.24) is 0 Å². The second-order valence-corrected chi connectivity index (χ2v) is 5.74. The maximum Gasteiger partial charge on any atom is 0.320 e. The largest absolute Gasteiger partial charge is 0.506 e. The lowest BCUT2D eigenvalue weighted by Gasteiger charge is -2.07. The number of phenols is 1. The normalized spacial score (nSPS) is 14.1. The van der Waals surface area contributed by atoms with Gasteiger partial charge in [-0.15, -0.1) is 0 Å². The number of phenolic OH excluding ortho intramolecular Hbond substituents is 1. The van der Waals surface area contributed by atoms with Crippen LogP contribution < -0.4 is 5.73 Å². The van der Waals surface area contributed by atoms with Crippen LogP contribution in [0.5, 0.6) is 5.75 Å². The van der Waals surface area contributed by atoms with Crippen LogP contribution in [0.4, 0.5) is 0 Å². The number of benzene rings is 1. The number of hydrogen-bond acceptors (Lipinski definition) is 4. The molecule has 0 spiro atoms. The summed E-state index contributed by atoms with van der Waals surface area (Å²) in [5.74, 6) is -0.757. The first-order valence-corrected chi connectivity index (χ1v) is 7.14. The first-order chi connectivity index (χ1) is 9.79. The van der Waals surface area contributed by atoms with Gasteiger partial charge in [-0.05, 0) is 42.4 Å². The first-order valence-electron chi connectivity index (χ1n) is 6.76. The molecule has 1 aromatic rings. The SMILES string of the molecule is CC(C)[C@H](N)C(=O)O.O=Cc1cc(Cl)c(O)c2c1CCC2. The van der Waals surface area contributed by atoms with Crippen molar-refractivity contribution in [2.45, 2.75) is 39.2 Å². The van der Waals surface area contributed by atoms with Gasteiger partial charge in [-0.3, -0.25) is 9.59 Å². The van der Waals surface area contributed by atoms with Crippen LogP contribution in [0.1, 0.15) is 41.8 Å². The number of fused-ring (bicyclic) bond motifs is 1. The molecular weight excluding hydrogens is 294 g/mol. The number of carbonyl (C=O) groups excluding carboxylic acids is 1. The van der Waals surface area contributed by atoms with E-state index in [4.69, 9.17) is 22.4 Å². The van der Waals surface area contributed by atoms with E-state index in [2.05, 4.69) is 0 Å². The second kappa shape index (κ2) is 7.43. The molecule has 116 valence electrons. The van der Waals surface area contributed by atoms with E-state index >= 15 is 0 Å². The topological polar surface area (TPSA) is 101 Å². The van der Waals surface area contributed by atoms with E-state index in [0.29, 0.717) is 5.56 Å². The Morgan fingerprint density at radius 2 is 1.95 bits per heavy atom. The maximum absolute atomic E-state index is 10.7. The van der Waals surface area contributed by atoms with Gasteiger partial charge in [0.2, 0.25) is 0 Å². The fourth-order valence-electron chi connectivity index (χ4n) is 2.15. The predicted octanol–water partition coefficient (Wildman–Crippen LogP) is 2.40. The Labute approximate surface area is 128 Å². The highest BCUT2D eigenvalue weighted by atomic mass is 35.5. The summed E-state index contributed by atoms with van der Waals surface area (Å²) in [6, 6.07) is 0.823. The van der Waals surface area contributed by atoms with Crippen LogP contribution >= 0.6 is 11.6 Å². The highest BCUT2D eigenvalue weighted by molar-refractivity contribution is 6.32. The molecule has 2 rings (SSSR count). The fourth-order valence-corrected chi connectivity index (χ4v) is 2.38. The van der Waals surface area contributed by atoms with Gasteiger partial charge in [0.1, 0.15) is 18.1 Å². The molecule has 0 radical (unpaired) electrons. The predicted molar refractivity (Wildman–Crippen MR) is 81.0 cm³/mol. The van der Waals surface area contributed by atoms with Gasteiger partial charge in [-0.1, -0.05) is 25.4 Å². The van der Waals surface area contributed by atoms with Crippen molar-refractivity contribution in [3.63, 3.8) is 0 Å². The zero-order chi connectivity index (χ0) is 16.2. The highest BCUT2D eigenvalue weighted by Crippen LogP contribution is 2.37. The van der Waals surface area contributed by atoms with E-state index in [0.717, 1.165) is 36.7 Å². The number of halogens is 1. The molecule has 6 heteroatoms. The molecule has 0 saturated heterocycles. The summed E-state index contributed by atoms with van der Waals surface area (Å²) in [5.41, 5.74) is 7.61. The van der Waals surface area contributed by atoms with Crippen molar-refractivity contribution >= 4 is 23.9 Å². The fraction of sp³-hybridized carbons (Fsp3) is 0.467. The van der Waals surface area contributed by atoms with Crippen LogP contribution in [-0.2, 0) is 17.6 Å². The molecule has 0 unspecified atom stereocenters. The summed E-state index contributed by atoms with van der Waals surface area (Å²) in [6.45, 7) is 3.55. The van der Waals surface area contributed by atoms with Gasteiger partial charge in [0, 0.05) is 5.56 Å². The Balaban J connectivity index is 0.000000240. The number of rotatable bonds is 3. The number of hydrogen-bond donors (Lipinski definition) is 3. The summed E-state index contributed by atoms with van der Waals surface area (Å²) in [5, 5.41) is 18.1. The van der Waals surface area contributed by atoms with Gasteiger partial charge in [0.05, 0.1) is 5.02 Å². The monoisotopic (exact) mass is 313 g/mol. The Kier molecular flexibility index (Phi) is 6.18. The van der Waals surface area contributed by atoms with Crippen LogP contribution in [-0.4, -0.2) is 28.5 Å². The second-order valence-electron chi connectivity index (χ2n) is 5.33. The van der Waals surface area contributed by atoms with E-state index in [1.165, 1.54) is 6.07 Å². The quantitative estimate of drug-likeness (QED) is 0.744. The number of carboxylic acid groups (broad SMARTS) is 1. The Bertz CT molecular complexity index is 543. The molecule has 0 aromatic heterocycles. The van der Waals surface area contributed by atoms with Crippen molar-refractivity contribution < 1.29 is 19.8 Å². The lowest BCUT2D eigenvalue weighted by Crippen LogP contribution is -2.34. The average Bonchev–Trinajstić information content (AvgIpc) is 2.92. The van der Waals surface area contributed by atoms with Gasteiger partial charge in [0.25, 0.3) is 0 Å². The molecule has 5 nitrogen and oxygen atoms in total. The van der Waals surface area contributed by atoms with E-state index < -0.39 is 12.0 Å². The molecular formula is C15H20ClNO4. The average molecular weight is 314 g/mol. The van der Waals surface area contributed by atoms with E-state index in [-0.39, 0.29) is 16.7 Å². The molecule has 1 aliphatic carbocycles. The van der Waals surface area contributed by atoms with Gasteiger partial charge in [0.15, 0.2) is 0 Å². The van der Waals surface area contributed by atoms with Gasteiger partial charge >= 0.3 is 5.97 Å². The summed E-state index contributed by atoms with van der Waals surface area (Å²) in [7, 11) is 0. The molecule has 0 amide bonds. The molecule has 0 bridgehead atoms. The number of aliphatic carboxylic acids is 1. The summed E-state index contributed by atoms with van der Waals surface area (Å²) in [6.07, 6.45) is 3.48. The van der Waals surface area contributed by atoms with Crippen molar-refractivity contribution in [3.05, 3.63) is 27.8 Å². The lowest BCUT2D eigenvalue weighted by molar-refractivity contribution is -0.139. The molecule has 1 atom stereocenters. The number of carbonyl (C=O) groups is 2. The van der Waals surface area contributed by atoms with Crippen molar-refractivity contribution in [2.75, 3.05) is 0 Å². The summed E-state index contributed by atoms with van der Waals surface area (Å²) < 4.78 is 0. The minimum atomic E-state index is -0.931. The number of aromatic hydroxyl groups is 1. The zero-order valence-corrected chi connectivity index (χ0v) is 12.9. The first kappa shape index (κ1) is 17.5. The van der Waals surface area contributed by atoms with Crippen LogP contribution in [0.25, 0.3) is 0 Å². The van der Waals surface area contributed by atoms with E-state index in [1.807, 2.05) is 0 Å². The third-order valence-electron chi connectivity index (χ3n) is 3.49. The Morgan fingerprint density at radius 3 is 2.38 bits per heavy atom. The molecule has 4 N–H and O–H groups in total. The number of aldehydes is 1. The Morgan fingerprint density at radius 1 is 1.38 bits per heavy atom. The number of nitrogens with two attached hydrogens (primary N) is 1. The molecule has 0 aliphatic heterocycles. The van der Waals surface area contributed by atoms with Gasteiger partial charge in [-0.25, -0.2) is 0 Å². The van der Waals surface area contributed by atoms with Crippen LogP contribution in [0.3, 0.4) is 0 Å². The van der Waals surface area contributed by atoms with Crippen molar-refractivity contribution in [3.8, 4) is 5.75 Å². The molecule has 1 aliphatic rings. The van der Waals surface area contributed by atoms with E-state index in [9.17, 15) is 14.7 Å². The summed E-state index contributed by atoms with van der Waals surface area (Å²) >= 11 is 5.77. The van der Waals surface area contributed by atoms with E-state index in [1.54, 1.807) is 13.8 Å². The minimum absolute atomic E-state index is 0.0208. The maximum atomic E-state index is 10.7. The minimum Gasteiger partial charge on any atom is -0.506 e. The molecule has 0 heterocycles. The van der Waals surface area contributed by atoms with Gasteiger partial charge in [-0.2, -0.15) is 0 Å². The number of carboxylic acids is 1. The molecule has 0 saturated carbocycles. The van der Waals surface area contributed by atoms with Crippen molar-refractivity contribution in [1.29, 1.82) is 0 Å². The van der Waals surface area contributed by atoms with Crippen LogP contribution in [0.15, 0.2) is 6.07 Å². The van der Waals surface area contributed by atoms with Crippen molar-refractivity contribution in [2.24, 2.45) is 11.7 Å². The third-order valence-corrected chi connectivity index (χ3v) is 3.78. The molecule has 1 aromatic carbocycles.